The Morgan fingerprint density at radius 1 is 1.14 bits per heavy atom. The third-order valence-electron chi connectivity index (χ3n) is 7.60. The van der Waals surface area contributed by atoms with Crippen LogP contribution in [0.3, 0.4) is 0 Å². The Morgan fingerprint density at radius 2 is 1.93 bits per heavy atom. The zero-order chi connectivity index (χ0) is 19.7. The van der Waals surface area contributed by atoms with Crippen LogP contribution in [0, 0.1) is 5.41 Å². The second-order valence-electron chi connectivity index (χ2n) is 8.97. The van der Waals surface area contributed by atoms with Gasteiger partial charge in [0.2, 0.25) is 0 Å². The molecule has 0 saturated carbocycles. The van der Waals surface area contributed by atoms with Crippen LogP contribution in [0.4, 0.5) is 0 Å². The molecule has 144 valence electrons. The fraction of sp³-hybridized carbons (Fsp3) is 0.375. The SMILES string of the molecule is CC1(C)C2Cc3c(O)cccc3[C@]1(C)CCN2C(=O)c1coc2ccccc12. The van der Waals surface area contributed by atoms with Crippen LogP contribution in [0.5, 0.6) is 5.75 Å². The summed E-state index contributed by atoms with van der Waals surface area (Å²) in [5.41, 5.74) is 3.38. The molecule has 1 N–H and O–H groups in total. The van der Waals surface area contributed by atoms with Gasteiger partial charge in [-0.1, -0.05) is 51.1 Å². The van der Waals surface area contributed by atoms with Crippen molar-refractivity contribution in [2.45, 2.75) is 45.1 Å². The lowest BCUT2D eigenvalue weighted by Gasteiger charge is -2.60. The van der Waals surface area contributed by atoms with E-state index in [1.165, 1.54) is 5.56 Å². The number of carbonyl (C=O) groups is 1. The third kappa shape index (κ3) is 2.09. The van der Waals surface area contributed by atoms with E-state index in [1.807, 2.05) is 35.2 Å². The molecule has 0 spiro atoms. The summed E-state index contributed by atoms with van der Waals surface area (Å²) in [6.45, 7) is 7.51. The van der Waals surface area contributed by atoms with Crippen LogP contribution in [-0.4, -0.2) is 28.5 Å². The Labute approximate surface area is 164 Å². The highest BCUT2D eigenvalue weighted by Crippen LogP contribution is 2.57. The summed E-state index contributed by atoms with van der Waals surface area (Å²) in [4.78, 5) is 15.6. The van der Waals surface area contributed by atoms with Gasteiger partial charge in [0.25, 0.3) is 5.91 Å². The number of aromatic hydroxyl groups is 1. The maximum atomic E-state index is 13.6. The molecule has 4 nitrogen and oxygen atoms in total. The Morgan fingerprint density at radius 3 is 2.75 bits per heavy atom. The molecule has 0 radical (unpaired) electrons. The second kappa shape index (κ2) is 5.63. The standard InChI is InChI=1S/C24H25NO3/c1-23(2)21-13-16-18(8-6-9-19(16)26)24(23,3)11-12-25(21)22(27)17-14-28-20-10-5-4-7-15(17)20/h4-10,14,21,26H,11-13H2,1-3H3/t21?,24-/m0/s1. The van der Waals surface area contributed by atoms with Crippen LogP contribution in [0.25, 0.3) is 11.0 Å². The molecular formula is C24H25NO3. The number of carbonyl (C=O) groups excluding carboxylic acids is 1. The van der Waals surface area contributed by atoms with Crippen LogP contribution >= 0.6 is 0 Å². The number of hydrogen-bond donors (Lipinski definition) is 1. The van der Waals surface area contributed by atoms with E-state index < -0.39 is 0 Å². The lowest BCUT2D eigenvalue weighted by atomic mass is 9.51. The molecule has 1 amide bonds. The number of benzene rings is 2. The number of fused-ring (bicyclic) bond motifs is 5. The molecule has 1 unspecified atom stereocenters. The minimum Gasteiger partial charge on any atom is -0.508 e. The lowest BCUT2D eigenvalue weighted by Crippen LogP contribution is -2.64. The largest absolute Gasteiger partial charge is 0.508 e. The molecule has 2 aromatic carbocycles. The first-order valence-corrected chi connectivity index (χ1v) is 9.93. The van der Waals surface area contributed by atoms with Gasteiger partial charge in [-0.05, 0) is 41.5 Å². The number of piperidine rings is 1. The van der Waals surface area contributed by atoms with Crippen LogP contribution in [0.1, 0.15) is 48.7 Å². The average Bonchev–Trinajstić information content (AvgIpc) is 3.09. The van der Waals surface area contributed by atoms with E-state index in [0.717, 1.165) is 23.0 Å². The summed E-state index contributed by atoms with van der Waals surface area (Å²) in [5, 5.41) is 11.4. The highest BCUT2D eigenvalue weighted by atomic mass is 16.3. The van der Waals surface area contributed by atoms with Gasteiger partial charge in [0.1, 0.15) is 17.6 Å². The van der Waals surface area contributed by atoms with E-state index in [-0.39, 0.29) is 22.8 Å². The van der Waals surface area contributed by atoms with Crippen molar-refractivity contribution in [1.29, 1.82) is 0 Å². The first-order chi connectivity index (χ1) is 13.3. The van der Waals surface area contributed by atoms with E-state index in [4.69, 9.17) is 4.42 Å². The fourth-order valence-electron chi connectivity index (χ4n) is 5.47. The molecule has 5 rings (SSSR count). The minimum atomic E-state index is -0.110. The van der Waals surface area contributed by atoms with Crippen molar-refractivity contribution >= 4 is 16.9 Å². The quantitative estimate of drug-likeness (QED) is 0.659. The molecule has 1 aliphatic carbocycles. The van der Waals surface area contributed by atoms with Gasteiger partial charge in [0.15, 0.2) is 0 Å². The fourth-order valence-corrected chi connectivity index (χ4v) is 5.47. The Kier molecular flexibility index (Phi) is 3.49. The van der Waals surface area contributed by atoms with Gasteiger partial charge in [-0.2, -0.15) is 0 Å². The molecule has 4 heteroatoms. The second-order valence-corrected chi connectivity index (χ2v) is 8.97. The zero-order valence-electron chi connectivity index (χ0n) is 16.5. The Balaban J connectivity index is 1.61. The summed E-state index contributed by atoms with van der Waals surface area (Å²) in [6, 6.07) is 13.5. The van der Waals surface area contributed by atoms with E-state index >= 15 is 0 Å². The van der Waals surface area contributed by atoms with Crippen molar-refractivity contribution in [3.05, 3.63) is 65.4 Å². The number of furan rings is 1. The average molecular weight is 375 g/mol. The van der Waals surface area contributed by atoms with Crippen LogP contribution in [-0.2, 0) is 11.8 Å². The van der Waals surface area contributed by atoms with Gasteiger partial charge in [-0.25, -0.2) is 0 Å². The summed E-state index contributed by atoms with van der Waals surface area (Å²) >= 11 is 0. The molecule has 1 aromatic heterocycles. The first kappa shape index (κ1) is 17.4. The van der Waals surface area contributed by atoms with Crippen LogP contribution in [0.15, 0.2) is 53.1 Å². The molecule has 2 atom stereocenters. The van der Waals surface area contributed by atoms with Crippen LogP contribution < -0.4 is 0 Å². The molecular weight excluding hydrogens is 350 g/mol. The third-order valence-corrected chi connectivity index (χ3v) is 7.60. The molecule has 3 aromatic rings. The Bertz CT molecular complexity index is 1100. The number of nitrogens with zero attached hydrogens (tertiary/aromatic N) is 1. The predicted molar refractivity (Wildman–Crippen MR) is 109 cm³/mol. The molecule has 1 saturated heterocycles. The summed E-state index contributed by atoms with van der Waals surface area (Å²) < 4.78 is 5.62. The van der Waals surface area contributed by atoms with Gasteiger partial charge in [0, 0.05) is 23.4 Å². The van der Waals surface area contributed by atoms with Crippen molar-refractivity contribution < 1.29 is 14.3 Å². The number of rotatable bonds is 1. The van der Waals surface area contributed by atoms with E-state index in [1.54, 1.807) is 12.3 Å². The van der Waals surface area contributed by atoms with Gasteiger partial charge in [-0.3, -0.25) is 4.79 Å². The summed E-state index contributed by atoms with van der Waals surface area (Å²) in [6.07, 6.45) is 3.13. The highest BCUT2D eigenvalue weighted by molar-refractivity contribution is 6.06. The number of para-hydroxylation sites is 1. The van der Waals surface area contributed by atoms with E-state index in [9.17, 15) is 9.90 Å². The number of phenolic OH excluding ortho intramolecular Hbond substituents is 1. The number of likely N-dealkylation sites (tertiary alicyclic amines) is 1. The molecule has 1 aliphatic heterocycles. The monoisotopic (exact) mass is 375 g/mol. The smallest absolute Gasteiger partial charge is 0.258 e. The van der Waals surface area contributed by atoms with Crippen molar-refractivity contribution in [2.75, 3.05) is 6.54 Å². The normalized spacial score (nSPS) is 25.5. The van der Waals surface area contributed by atoms with Gasteiger partial charge in [0.05, 0.1) is 5.56 Å². The predicted octanol–water partition coefficient (Wildman–Crippen LogP) is 4.89. The minimum absolute atomic E-state index is 0.0175. The van der Waals surface area contributed by atoms with Crippen LogP contribution in [0.2, 0.25) is 0 Å². The van der Waals surface area contributed by atoms with Crippen molar-refractivity contribution in [2.24, 2.45) is 5.41 Å². The number of phenols is 1. The molecule has 1 fully saturated rings. The molecule has 2 bridgehead atoms. The van der Waals surface area contributed by atoms with Gasteiger partial charge in [-0.15, -0.1) is 0 Å². The van der Waals surface area contributed by atoms with E-state index in [2.05, 4.69) is 26.8 Å². The number of amides is 1. The van der Waals surface area contributed by atoms with Crippen molar-refractivity contribution in [1.82, 2.24) is 4.90 Å². The Hall–Kier alpha value is -2.75. The van der Waals surface area contributed by atoms with Crippen molar-refractivity contribution in [3.63, 3.8) is 0 Å². The summed E-state index contributed by atoms with van der Waals surface area (Å²) in [5.74, 6) is 0.358. The van der Waals surface area contributed by atoms with E-state index in [0.29, 0.717) is 24.3 Å². The zero-order valence-corrected chi connectivity index (χ0v) is 16.5. The topological polar surface area (TPSA) is 53.7 Å². The maximum absolute atomic E-state index is 13.6. The summed E-state index contributed by atoms with van der Waals surface area (Å²) in [7, 11) is 0. The highest BCUT2D eigenvalue weighted by Gasteiger charge is 2.57. The van der Waals surface area contributed by atoms with Crippen molar-refractivity contribution in [3.8, 4) is 5.75 Å². The molecule has 2 aliphatic rings. The maximum Gasteiger partial charge on any atom is 0.258 e. The van der Waals surface area contributed by atoms with Gasteiger partial charge < -0.3 is 14.4 Å². The number of hydrogen-bond acceptors (Lipinski definition) is 3. The first-order valence-electron chi connectivity index (χ1n) is 9.93. The van der Waals surface area contributed by atoms with Gasteiger partial charge >= 0.3 is 0 Å². The molecule has 28 heavy (non-hydrogen) atoms. The lowest BCUT2D eigenvalue weighted by molar-refractivity contribution is -0.0266. The molecule has 2 heterocycles.